The minimum atomic E-state index is -1.21. The number of rotatable bonds is 3. The number of anilines is 1. The highest BCUT2D eigenvalue weighted by molar-refractivity contribution is 5.95. The fourth-order valence-corrected chi connectivity index (χ4v) is 2.69. The van der Waals surface area contributed by atoms with Crippen LogP contribution in [0.3, 0.4) is 0 Å². The van der Waals surface area contributed by atoms with Crippen LogP contribution in [0.1, 0.15) is 42.5 Å². The molecule has 0 heterocycles. The molecule has 0 aliphatic heterocycles. The Hall–Kier alpha value is -2.08. The molecule has 2 unspecified atom stereocenters. The van der Waals surface area contributed by atoms with Crippen molar-refractivity contribution >= 4 is 17.6 Å². The number of aromatic hydroxyl groups is 1. The van der Waals surface area contributed by atoms with Crippen molar-refractivity contribution < 1.29 is 19.8 Å². The fourth-order valence-electron chi connectivity index (χ4n) is 2.69. The van der Waals surface area contributed by atoms with E-state index in [2.05, 4.69) is 5.32 Å². The van der Waals surface area contributed by atoms with Crippen molar-refractivity contribution in [2.24, 2.45) is 11.7 Å². The Balaban J connectivity index is 2.08. The van der Waals surface area contributed by atoms with E-state index in [1.54, 1.807) is 0 Å². The Bertz CT molecular complexity index is 544. The van der Waals surface area contributed by atoms with Gasteiger partial charge < -0.3 is 21.3 Å². The van der Waals surface area contributed by atoms with Crippen LogP contribution >= 0.6 is 0 Å². The van der Waals surface area contributed by atoms with Gasteiger partial charge in [0, 0.05) is 17.8 Å². The zero-order valence-corrected chi connectivity index (χ0v) is 11.7. The Labute approximate surface area is 123 Å². The van der Waals surface area contributed by atoms with Gasteiger partial charge in [0.1, 0.15) is 11.3 Å². The van der Waals surface area contributed by atoms with Crippen LogP contribution in [-0.2, 0) is 4.79 Å². The van der Waals surface area contributed by atoms with Crippen molar-refractivity contribution in [2.45, 2.75) is 38.1 Å². The molecular formula is C15H20N2O4. The predicted molar refractivity (Wildman–Crippen MR) is 78.2 cm³/mol. The van der Waals surface area contributed by atoms with E-state index >= 15 is 0 Å². The van der Waals surface area contributed by atoms with E-state index in [0.29, 0.717) is 5.69 Å². The number of nitrogens with one attached hydrogen (secondary N) is 1. The van der Waals surface area contributed by atoms with Gasteiger partial charge in [0.15, 0.2) is 0 Å². The maximum absolute atomic E-state index is 12.3. The molecule has 1 amide bonds. The van der Waals surface area contributed by atoms with Crippen LogP contribution in [0.2, 0.25) is 0 Å². The van der Waals surface area contributed by atoms with Crippen molar-refractivity contribution in [3.63, 3.8) is 0 Å². The topological polar surface area (TPSA) is 113 Å². The molecular weight excluding hydrogens is 272 g/mol. The lowest BCUT2D eigenvalue weighted by Crippen LogP contribution is -2.37. The molecule has 6 nitrogen and oxygen atoms in total. The highest BCUT2D eigenvalue weighted by Gasteiger charge is 2.27. The molecule has 114 valence electrons. The van der Waals surface area contributed by atoms with Crippen molar-refractivity contribution in [2.75, 3.05) is 5.32 Å². The van der Waals surface area contributed by atoms with E-state index in [-0.39, 0.29) is 29.2 Å². The molecule has 21 heavy (non-hydrogen) atoms. The third-order valence-electron chi connectivity index (χ3n) is 3.90. The molecule has 0 saturated heterocycles. The van der Waals surface area contributed by atoms with E-state index in [1.807, 2.05) is 0 Å². The SMILES string of the molecule is NC1CCCCCC1C(=O)Nc1ccc(C(=O)O)c(O)c1. The summed E-state index contributed by atoms with van der Waals surface area (Å²) in [6.45, 7) is 0. The second-order valence-electron chi connectivity index (χ2n) is 5.43. The van der Waals surface area contributed by atoms with Gasteiger partial charge in [0.05, 0.1) is 5.92 Å². The van der Waals surface area contributed by atoms with Gasteiger partial charge in [-0.15, -0.1) is 0 Å². The first-order valence-corrected chi connectivity index (χ1v) is 7.12. The highest BCUT2D eigenvalue weighted by Crippen LogP contribution is 2.26. The quantitative estimate of drug-likeness (QED) is 0.636. The lowest BCUT2D eigenvalue weighted by Gasteiger charge is -2.20. The lowest BCUT2D eigenvalue weighted by molar-refractivity contribution is -0.120. The van der Waals surface area contributed by atoms with Gasteiger partial charge in [0.25, 0.3) is 0 Å². The maximum Gasteiger partial charge on any atom is 0.339 e. The molecule has 6 heteroatoms. The van der Waals surface area contributed by atoms with E-state index in [1.165, 1.54) is 18.2 Å². The van der Waals surface area contributed by atoms with Gasteiger partial charge >= 0.3 is 5.97 Å². The third-order valence-corrected chi connectivity index (χ3v) is 3.90. The molecule has 2 atom stereocenters. The summed E-state index contributed by atoms with van der Waals surface area (Å²) in [6.07, 6.45) is 4.70. The molecule has 1 aromatic rings. The number of phenols is 1. The number of carbonyl (C=O) groups excluding carboxylic acids is 1. The number of aromatic carboxylic acids is 1. The zero-order valence-electron chi connectivity index (χ0n) is 11.7. The van der Waals surface area contributed by atoms with Gasteiger partial charge in [-0.1, -0.05) is 19.3 Å². The molecule has 2 rings (SSSR count). The lowest BCUT2D eigenvalue weighted by atomic mass is 9.94. The van der Waals surface area contributed by atoms with Crippen molar-refractivity contribution in [1.29, 1.82) is 0 Å². The first-order chi connectivity index (χ1) is 9.99. The van der Waals surface area contributed by atoms with Crippen LogP contribution < -0.4 is 11.1 Å². The Morgan fingerprint density at radius 2 is 1.90 bits per heavy atom. The first kappa shape index (κ1) is 15.3. The minimum Gasteiger partial charge on any atom is -0.507 e. The molecule has 1 aliphatic carbocycles. The Morgan fingerprint density at radius 1 is 1.19 bits per heavy atom. The van der Waals surface area contributed by atoms with Crippen molar-refractivity contribution in [3.05, 3.63) is 23.8 Å². The van der Waals surface area contributed by atoms with E-state index in [9.17, 15) is 14.7 Å². The third kappa shape index (κ3) is 3.72. The highest BCUT2D eigenvalue weighted by atomic mass is 16.4. The van der Waals surface area contributed by atoms with Crippen LogP contribution in [0.4, 0.5) is 5.69 Å². The maximum atomic E-state index is 12.3. The number of hydrogen-bond donors (Lipinski definition) is 4. The number of amides is 1. The van der Waals surface area contributed by atoms with Crippen LogP contribution in [0.25, 0.3) is 0 Å². The molecule has 5 N–H and O–H groups in total. The van der Waals surface area contributed by atoms with E-state index < -0.39 is 5.97 Å². The van der Waals surface area contributed by atoms with Gasteiger partial charge in [-0.25, -0.2) is 4.79 Å². The number of benzene rings is 1. The summed E-state index contributed by atoms with van der Waals surface area (Å²) in [5.41, 5.74) is 6.22. The second-order valence-corrected chi connectivity index (χ2v) is 5.43. The van der Waals surface area contributed by atoms with Gasteiger partial charge in [0.2, 0.25) is 5.91 Å². The second kappa shape index (κ2) is 6.58. The predicted octanol–water partition coefficient (Wildman–Crippen LogP) is 1.94. The van der Waals surface area contributed by atoms with Crippen LogP contribution in [0.5, 0.6) is 5.75 Å². The van der Waals surface area contributed by atoms with Gasteiger partial charge in [-0.2, -0.15) is 0 Å². The van der Waals surface area contributed by atoms with E-state index in [4.69, 9.17) is 10.8 Å². The van der Waals surface area contributed by atoms with Gasteiger partial charge in [-0.3, -0.25) is 4.79 Å². The average molecular weight is 292 g/mol. The zero-order chi connectivity index (χ0) is 15.4. The molecule has 1 aromatic carbocycles. The van der Waals surface area contributed by atoms with Crippen LogP contribution in [0.15, 0.2) is 18.2 Å². The normalized spacial score (nSPS) is 22.3. The molecule has 0 aromatic heterocycles. The van der Waals surface area contributed by atoms with Crippen LogP contribution in [0, 0.1) is 5.92 Å². The summed E-state index contributed by atoms with van der Waals surface area (Å²) in [4.78, 5) is 23.1. The number of carboxylic acid groups (broad SMARTS) is 1. The standard InChI is InChI=1S/C15H20N2O4/c16-12-5-3-1-2-4-10(12)14(19)17-9-6-7-11(15(20)21)13(18)8-9/h6-8,10,12,18H,1-5,16H2,(H,17,19)(H,20,21). The summed E-state index contributed by atoms with van der Waals surface area (Å²) in [5, 5.41) is 21.2. The first-order valence-electron chi connectivity index (χ1n) is 7.12. The largest absolute Gasteiger partial charge is 0.507 e. The van der Waals surface area contributed by atoms with Crippen LogP contribution in [-0.4, -0.2) is 28.1 Å². The number of hydrogen-bond acceptors (Lipinski definition) is 4. The number of carbonyl (C=O) groups is 2. The smallest absolute Gasteiger partial charge is 0.339 e. The molecule has 1 saturated carbocycles. The molecule has 1 aliphatic rings. The van der Waals surface area contributed by atoms with Gasteiger partial charge in [-0.05, 0) is 25.0 Å². The Kier molecular flexibility index (Phi) is 4.80. The Morgan fingerprint density at radius 3 is 2.57 bits per heavy atom. The molecule has 0 radical (unpaired) electrons. The monoisotopic (exact) mass is 292 g/mol. The number of carboxylic acids is 1. The molecule has 0 bridgehead atoms. The number of nitrogens with two attached hydrogens (primary N) is 1. The fraction of sp³-hybridized carbons (Fsp3) is 0.467. The molecule has 1 fully saturated rings. The summed E-state index contributed by atoms with van der Waals surface area (Å²) >= 11 is 0. The average Bonchev–Trinajstić information content (AvgIpc) is 2.63. The summed E-state index contributed by atoms with van der Waals surface area (Å²) in [7, 11) is 0. The van der Waals surface area contributed by atoms with E-state index in [0.717, 1.165) is 32.1 Å². The minimum absolute atomic E-state index is 0.153. The summed E-state index contributed by atoms with van der Waals surface area (Å²) < 4.78 is 0. The summed E-state index contributed by atoms with van der Waals surface area (Å²) in [5.74, 6) is -2.00. The molecule has 0 spiro atoms. The summed E-state index contributed by atoms with van der Waals surface area (Å²) in [6, 6.07) is 3.81. The van der Waals surface area contributed by atoms with Crippen molar-refractivity contribution in [1.82, 2.24) is 0 Å². The van der Waals surface area contributed by atoms with Crippen molar-refractivity contribution in [3.8, 4) is 5.75 Å².